The topological polar surface area (TPSA) is 26.0 Å². The van der Waals surface area contributed by atoms with Gasteiger partial charge in [0.25, 0.3) is 0 Å². The molecular formula is C26H21NO. The molecular weight excluding hydrogens is 342 g/mol. The van der Waals surface area contributed by atoms with Gasteiger partial charge in [0.1, 0.15) is 11.2 Å². The molecule has 0 fully saturated rings. The maximum Gasteiger partial charge on any atom is 0.135 e. The number of rotatable bonds is 3. The van der Waals surface area contributed by atoms with Crippen molar-refractivity contribution in [1.29, 1.82) is 0 Å². The van der Waals surface area contributed by atoms with Crippen LogP contribution in [0, 0.1) is 0 Å². The summed E-state index contributed by atoms with van der Waals surface area (Å²) in [7, 11) is 0. The van der Waals surface area contributed by atoms with Gasteiger partial charge >= 0.3 is 0 Å². The first-order valence-corrected chi connectivity index (χ1v) is 9.48. The molecule has 0 bridgehead atoms. The second-order valence-electron chi connectivity index (χ2n) is 7.32. The van der Waals surface area contributed by atoms with Crippen molar-refractivity contribution in [3.8, 4) is 22.4 Å². The van der Waals surface area contributed by atoms with Gasteiger partial charge in [0.05, 0.1) is 5.69 Å². The van der Waals surface area contributed by atoms with Crippen molar-refractivity contribution in [3.05, 3.63) is 90.6 Å². The summed E-state index contributed by atoms with van der Waals surface area (Å²) in [6, 6.07) is 26.8. The van der Waals surface area contributed by atoms with E-state index in [1.54, 1.807) is 6.20 Å². The average molecular weight is 364 g/mol. The fourth-order valence-corrected chi connectivity index (χ4v) is 3.65. The highest BCUT2D eigenvalue weighted by molar-refractivity contribution is 6.07. The number of nitrogens with zero attached hydrogens (tertiary/aromatic N) is 1. The molecule has 0 saturated carbocycles. The lowest BCUT2D eigenvalue weighted by Gasteiger charge is -2.07. The van der Waals surface area contributed by atoms with Crippen molar-refractivity contribution in [1.82, 2.24) is 4.98 Å². The highest BCUT2D eigenvalue weighted by Gasteiger charge is 2.11. The third kappa shape index (κ3) is 2.87. The molecule has 0 spiro atoms. The molecule has 0 aliphatic rings. The Balaban J connectivity index is 1.67. The summed E-state index contributed by atoms with van der Waals surface area (Å²) in [5, 5.41) is 2.17. The van der Waals surface area contributed by atoms with Crippen LogP contribution in [0.3, 0.4) is 0 Å². The van der Waals surface area contributed by atoms with Crippen molar-refractivity contribution >= 4 is 21.9 Å². The number of pyridine rings is 1. The Morgan fingerprint density at radius 1 is 0.750 bits per heavy atom. The van der Waals surface area contributed by atoms with Crippen LogP contribution >= 0.6 is 0 Å². The molecule has 2 heteroatoms. The fourth-order valence-electron chi connectivity index (χ4n) is 3.65. The summed E-state index contributed by atoms with van der Waals surface area (Å²) in [4.78, 5) is 4.55. The lowest BCUT2D eigenvalue weighted by atomic mass is 9.99. The van der Waals surface area contributed by atoms with Crippen LogP contribution in [-0.4, -0.2) is 4.98 Å². The first kappa shape index (κ1) is 15.6. The Kier molecular flexibility index (Phi) is 3.71. The lowest BCUT2D eigenvalue weighted by molar-refractivity contribution is 0.669. The van der Waals surface area contributed by atoms with Crippen LogP contribution in [0.4, 0.5) is 0 Å². The van der Waals surface area contributed by atoms with E-state index in [1.807, 2.05) is 50.2 Å². The minimum Gasteiger partial charge on any atom is -0.456 e. The van der Waals surface area contributed by atoms with E-state index in [-0.39, 0.29) is 0 Å². The zero-order valence-corrected chi connectivity index (χ0v) is 15.9. The van der Waals surface area contributed by atoms with Gasteiger partial charge in [-0.05, 0) is 65.0 Å². The van der Waals surface area contributed by atoms with E-state index in [0.29, 0.717) is 0 Å². The molecule has 0 atom stereocenters. The van der Waals surface area contributed by atoms with Crippen LogP contribution in [0.5, 0.6) is 0 Å². The standard InChI is InChI=1S/C26H21NO/c1-17(2)19-12-13-27-24(16-19)21-9-11-26-23(15-21)22-14-20(8-10-25(22)28-26)18-6-4-3-5-7-18/h3-17H,1-2H3/i17D. The molecule has 3 aromatic carbocycles. The minimum absolute atomic E-state index is 0.658. The molecule has 5 rings (SSSR count). The maximum absolute atomic E-state index is 8.31. The number of fused-ring (bicyclic) bond motifs is 3. The van der Waals surface area contributed by atoms with Gasteiger partial charge < -0.3 is 4.42 Å². The molecule has 2 aromatic heterocycles. The predicted octanol–water partition coefficient (Wildman–Crippen LogP) is 7.44. The summed E-state index contributed by atoms with van der Waals surface area (Å²) in [5.74, 6) is -0.658. The van der Waals surface area contributed by atoms with Gasteiger partial charge in [0.15, 0.2) is 0 Å². The van der Waals surface area contributed by atoms with Crippen molar-refractivity contribution in [2.24, 2.45) is 0 Å². The van der Waals surface area contributed by atoms with Crippen molar-refractivity contribution < 1.29 is 5.79 Å². The number of hydrogen-bond donors (Lipinski definition) is 0. The van der Waals surface area contributed by atoms with E-state index < -0.39 is 5.89 Å². The van der Waals surface area contributed by atoms with E-state index in [9.17, 15) is 0 Å². The highest BCUT2D eigenvalue weighted by Crippen LogP contribution is 2.35. The Morgan fingerprint density at radius 3 is 2.14 bits per heavy atom. The van der Waals surface area contributed by atoms with Crippen LogP contribution in [0.2, 0.25) is 0 Å². The predicted molar refractivity (Wildman–Crippen MR) is 116 cm³/mol. The summed E-state index contributed by atoms with van der Waals surface area (Å²) in [6.07, 6.45) is 1.78. The zero-order chi connectivity index (χ0) is 20.0. The fraction of sp³-hybridized carbons (Fsp3) is 0.115. The average Bonchev–Trinajstić information content (AvgIpc) is 3.11. The molecule has 2 nitrogen and oxygen atoms in total. The van der Waals surface area contributed by atoms with E-state index >= 15 is 0 Å². The van der Waals surface area contributed by atoms with Gasteiger partial charge in [0, 0.05) is 23.9 Å². The Bertz CT molecular complexity index is 1330. The van der Waals surface area contributed by atoms with Crippen LogP contribution < -0.4 is 0 Å². The van der Waals surface area contributed by atoms with Gasteiger partial charge in [-0.15, -0.1) is 0 Å². The smallest absolute Gasteiger partial charge is 0.135 e. The van der Waals surface area contributed by atoms with Crippen LogP contribution in [0.25, 0.3) is 44.3 Å². The number of hydrogen-bond acceptors (Lipinski definition) is 2. The van der Waals surface area contributed by atoms with E-state index in [2.05, 4.69) is 47.4 Å². The first-order valence-electron chi connectivity index (χ1n) is 9.98. The minimum atomic E-state index is -0.658. The van der Waals surface area contributed by atoms with Gasteiger partial charge in [0.2, 0.25) is 0 Å². The van der Waals surface area contributed by atoms with Crippen LogP contribution in [-0.2, 0) is 0 Å². The number of aromatic nitrogens is 1. The Hall–Kier alpha value is -3.39. The lowest BCUT2D eigenvalue weighted by Crippen LogP contribution is -1.90. The second-order valence-corrected chi connectivity index (χ2v) is 7.32. The molecule has 0 amide bonds. The summed E-state index contributed by atoms with van der Waals surface area (Å²) >= 11 is 0. The van der Waals surface area contributed by atoms with Crippen molar-refractivity contribution in [2.75, 3.05) is 0 Å². The van der Waals surface area contributed by atoms with E-state index in [1.165, 1.54) is 11.1 Å². The zero-order valence-electron chi connectivity index (χ0n) is 16.9. The van der Waals surface area contributed by atoms with E-state index in [0.717, 1.165) is 38.8 Å². The summed E-state index contributed by atoms with van der Waals surface area (Å²) in [6.45, 7) is 3.79. The largest absolute Gasteiger partial charge is 0.456 e. The molecule has 0 saturated heterocycles. The third-order valence-corrected chi connectivity index (χ3v) is 5.21. The molecule has 2 heterocycles. The monoisotopic (exact) mass is 364 g/mol. The summed E-state index contributed by atoms with van der Waals surface area (Å²) in [5.41, 5.74) is 6.95. The van der Waals surface area contributed by atoms with Gasteiger partial charge in [-0.2, -0.15) is 0 Å². The highest BCUT2D eigenvalue weighted by atomic mass is 16.3. The van der Waals surface area contributed by atoms with Crippen molar-refractivity contribution in [2.45, 2.75) is 19.7 Å². The first-order chi connectivity index (χ1) is 14.0. The molecule has 0 aliphatic carbocycles. The SMILES string of the molecule is [2H]C(C)(C)c1ccnc(-c2ccc3oc4ccc(-c5ccccc5)cc4c3c2)c1. The Morgan fingerprint density at radius 2 is 1.43 bits per heavy atom. The molecule has 0 N–H and O–H groups in total. The van der Waals surface area contributed by atoms with Crippen molar-refractivity contribution in [3.63, 3.8) is 0 Å². The van der Waals surface area contributed by atoms with Gasteiger partial charge in [-0.25, -0.2) is 0 Å². The van der Waals surface area contributed by atoms with Crippen LogP contribution in [0.1, 0.15) is 26.7 Å². The van der Waals surface area contributed by atoms with Gasteiger partial charge in [-0.3, -0.25) is 4.98 Å². The second kappa shape index (κ2) is 6.65. The molecule has 0 unspecified atom stereocenters. The Labute approximate surface area is 165 Å². The van der Waals surface area contributed by atoms with Crippen LogP contribution in [0.15, 0.2) is 89.5 Å². The molecule has 5 aromatic rings. The maximum atomic E-state index is 8.31. The molecule has 136 valence electrons. The van der Waals surface area contributed by atoms with Gasteiger partial charge in [-0.1, -0.05) is 50.2 Å². The third-order valence-electron chi connectivity index (χ3n) is 5.21. The number of benzene rings is 3. The number of furan rings is 1. The molecule has 28 heavy (non-hydrogen) atoms. The molecule has 0 aliphatic heterocycles. The van der Waals surface area contributed by atoms with E-state index in [4.69, 9.17) is 5.79 Å². The molecule has 0 radical (unpaired) electrons. The normalized spacial score (nSPS) is 12.4. The summed E-state index contributed by atoms with van der Waals surface area (Å²) < 4.78 is 14.4. The quantitative estimate of drug-likeness (QED) is 0.332.